The fourth-order valence-corrected chi connectivity index (χ4v) is 1.41. The lowest BCUT2D eigenvalue weighted by Gasteiger charge is -2.01. The van der Waals surface area contributed by atoms with Crippen molar-refractivity contribution in [2.24, 2.45) is 7.05 Å². The van der Waals surface area contributed by atoms with Crippen LogP contribution in [0.4, 0.5) is 5.82 Å². The number of hydrogen-bond donors (Lipinski definition) is 1. The Morgan fingerprint density at radius 3 is 3.06 bits per heavy atom. The predicted octanol–water partition coefficient (Wildman–Crippen LogP) is 0.781. The van der Waals surface area contributed by atoms with Gasteiger partial charge in [0.15, 0.2) is 5.82 Å². The largest absolute Gasteiger partial charge is 0.308 e. The fraction of sp³-hybridized carbons (Fsp3) is 0.273. The third-order valence-electron chi connectivity index (χ3n) is 2.23. The number of anilines is 1. The third kappa shape index (κ3) is 3.37. The van der Waals surface area contributed by atoms with Crippen LogP contribution < -0.4 is 5.32 Å². The number of hydrogen-bond acceptors (Lipinski definition) is 4. The van der Waals surface area contributed by atoms with Crippen LogP contribution in [0.15, 0.2) is 30.7 Å². The molecule has 0 aliphatic rings. The van der Waals surface area contributed by atoms with Gasteiger partial charge in [-0.15, -0.1) is 5.10 Å². The molecule has 17 heavy (non-hydrogen) atoms. The lowest BCUT2D eigenvalue weighted by atomic mass is 10.1. The van der Waals surface area contributed by atoms with Crippen LogP contribution in [0.3, 0.4) is 0 Å². The summed E-state index contributed by atoms with van der Waals surface area (Å²) in [6.07, 6.45) is 6.20. The highest BCUT2D eigenvalue weighted by atomic mass is 16.1. The van der Waals surface area contributed by atoms with Crippen molar-refractivity contribution in [2.75, 3.05) is 5.32 Å². The Kier molecular flexibility index (Phi) is 3.44. The number of aryl methyl sites for hydroxylation is 2. The van der Waals surface area contributed by atoms with Crippen molar-refractivity contribution < 1.29 is 4.79 Å². The van der Waals surface area contributed by atoms with E-state index >= 15 is 0 Å². The summed E-state index contributed by atoms with van der Waals surface area (Å²) in [5.74, 6) is 0.401. The number of carbonyl (C=O) groups is 1. The van der Waals surface area contributed by atoms with Crippen LogP contribution in [0.5, 0.6) is 0 Å². The van der Waals surface area contributed by atoms with E-state index in [1.807, 2.05) is 12.1 Å². The first-order valence-corrected chi connectivity index (χ1v) is 5.29. The second-order valence-corrected chi connectivity index (χ2v) is 3.69. The van der Waals surface area contributed by atoms with Crippen LogP contribution in [0.2, 0.25) is 0 Å². The molecule has 0 radical (unpaired) electrons. The first kappa shape index (κ1) is 11.3. The van der Waals surface area contributed by atoms with E-state index in [4.69, 9.17) is 0 Å². The molecule has 0 aliphatic heterocycles. The number of amides is 1. The van der Waals surface area contributed by atoms with Crippen LogP contribution >= 0.6 is 0 Å². The van der Waals surface area contributed by atoms with E-state index in [1.54, 1.807) is 25.6 Å². The van der Waals surface area contributed by atoms with E-state index in [-0.39, 0.29) is 5.91 Å². The Bertz CT molecular complexity index is 494. The Hall–Kier alpha value is -2.24. The summed E-state index contributed by atoms with van der Waals surface area (Å²) < 4.78 is 1.54. The topological polar surface area (TPSA) is 72.7 Å². The molecule has 2 heterocycles. The van der Waals surface area contributed by atoms with Crippen molar-refractivity contribution in [3.63, 3.8) is 0 Å². The van der Waals surface area contributed by atoms with Gasteiger partial charge in [-0.25, -0.2) is 0 Å². The Balaban J connectivity index is 1.82. The average Bonchev–Trinajstić information content (AvgIpc) is 2.73. The first-order chi connectivity index (χ1) is 8.24. The van der Waals surface area contributed by atoms with E-state index in [9.17, 15) is 4.79 Å². The number of rotatable bonds is 4. The van der Waals surface area contributed by atoms with E-state index in [2.05, 4.69) is 20.6 Å². The third-order valence-corrected chi connectivity index (χ3v) is 2.23. The lowest BCUT2D eigenvalue weighted by molar-refractivity contribution is -0.116. The van der Waals surface area contributed by atoms with Gasteiger partial charge < -0.3 is 5.32 Å². The molecule has 88 valence electrons. The first-order valence-electron chi connectivity index (χ1n) is 5.29. The standard InChI is InChI=1S/C11H13N5O/c1-16-8-10(14-15-16)13-11(17)5-4-9-3-2-6-12-7-9/h2-3,6-8H,4-5H2,1H3,(H,13,17). The molecule has 0 atom stereocenters. The summed E-state index contributed by atoms with van der Waals surface area (Å²) in [6, 6.07) is 3.80. The molecule has 0 bridgehead atoms. The number of carbonyl (C=O) groups excluding carboxylic acids is 1. The van der Waals surface area contributed by atoms with Crippen molar-refractivity contribution in [3.8, 4) is 0 Å². The molecule has 0 unspecified atom stereocenters. The van der Waals surface area contributed by atoms with Gasteiger partial charge in [-0.2, -0.15) is 0 Å². The molecule has 0 saturated carbocycles. The Morgan fingerprint density at radius 1 is 1.53 bits per heavy atom. The quantitative estimate of drug-likeness (QED) is 0.844. The van der Waals surface area contributed by atoms with Gasteiger partial charge in [0, 0.05) is 25.9 Å². The molecule has 6 heteroatoms. The normalized spacial score (nSPS) is 10.2. The fourth-order valence-electron chi connectivity index (χ4n) is 1.41. The van der Waals surface area contributed by atoms with E-state index in [0.29, 0.717) is 18.7 Å². The highest BCUT2D eigenvalue weighted by Gasteiger charge is 2.05. The van der Waals surface area contributed by atoms with Gasteiger partial charge in [-0.05, 0) is 18.1 Å². The highest BCUT2D eigenvalue weighted by molar-refractivity contribution is 5.89. The van der Waals surface area contributed by atoms with Crippen LogP contribution in [0, 0.1) is 0 Å². The zero-order valence-electron chi connectivity index (χ0n) is 9.50. The lowest BCUT2D eigenvalue weighted by Crippen LogP contribution is -2.12. The Morgan fingerprint density at radius 2 is 2.41 bits per heavy atom. The summed E-state index contributed by atoms with van der Waals surface area (Å²) >= 11 is 0. The molecule has 0 aliphatic carbocycles. The van der Waals surface area contributed by atoms with E-state index in [0.717, 1.165) is 5.56 Å². The number of pyridine rings is 1. The smallest absolute Gasteiger partial charge is 0.225 e. The van der Waals surface area contributed by atoms with E-state index < -0.39 is 0 Å². The number of aromatic nitrogens is 4. The van der Waals surface area contributed by atoms with Crippen LogP contribution in [-0.4, -0.2) is 25.9 Å². The second kappa shape index (κ2) is 5.20. The Labute approximate surface area is 98.7 Å². The molecular weight excluding hydrogens is 218 g/mol. The van der Waals surface area contributed by atoms with Crippen molar-refractivity contribution in [3.05, 3.63) is 36.3 Å². The van der Waals surface area contributed by atoms with Gasteiger partial charge >= 0.3 is 0 Å². The molecule has 2 aromatic rings. The molecule has 0 spiro atoms. The molecule has 0 fully saturated rings. The number of nitrogens with zero attached hydrogens (tertiary/aromatic N) is 4. The predicted molar refractivity (Wildman–Crippen MR) is 62.2 cm³/mol. The van der Waals surface area contributed by atoms with Gasteiger partial charge in [0.05, 0.1) is 6.20 Å². The number of nitrogens with one attached hydrogen (secondary N) is 1. The molecule has 0 saturated heterocycles. The average molecular weight is 231 g/mol. The van der Waals surface area contributed by atoms with Gasteiger partial charge in [0.25, 0.3) is 0 Å². The maximum absolute atomic E-state index is 11.6. The van der Waals surface area contributed by atoms with Gasteiger partial charge in [-0.1, -0.05) is 11.3 Å². The van der Waals surface area contributed by atoms with E-state index in [1.165, 1.54) is 4.68 Å². The molecular formula is C11H13N5O. The summed E-state index contributed by atoms with van der Waals surface area (Å²) in [5, 5.41) is 10.2. The van der Waals surface area contributed by atoms with Crippen molar-refractivity contribution in [1.82, 2.24) is 20.0 Å². The zero-order chi connectivity index (χ0) is 12.1. The summed E-state index contributed by atoms with van der Waals surface area (Å²) in [4.78, 5) is 15.6. The minimum Gasteiger partial charge on any atom is -0.308 e. The molecule has 0 aromatic carbocycles. The maximum Gasteiger partial charge on any atom is 0.225 e. The van der Waals surface area contributed by atoms with Gasteiger partial charge in [-0.3, -0.25) is 14.5 Å². The molecule has 2 rings (SSSR count). The summed E-state index contributed by atoms with van der Waals surface area (Å²) in [5.41, 5.74) is 1.04. The van der Waals surface area contributed by atoms with Crippen LogP contribution in [0.1, 0.15) is 12.0 Å². The van der Waals surface area contributed by atoms with Crippen LogP contribution in [-0.2, 0) is 18.3 Å². The molecule has 6 nitrogen and oxygen atoms in total. The van der Waals surface area contributed by atoms with Crippen LogP contribution in [0.25, 0.3) is 0 Å². The van der Waals surface area contributed by atoms with Gasteiger partial charge in [0.2, 0.25) is 5.91 Å². The minimum absolute atomic E-state index is 0.0747. The van der Waals surface area contributed by atoms with Crippen molar-refractivity contribution >= 4 is 11.7 Å². The maximum atomic E-state index is 11.6. The SMILES string of the molecule is Cn1cc(NC(=O)CCc2cccnc2)nn1. The highest BCUT2D eigenvalue weighted by Crippen LogP contribution is 2.03. The molecule has 2 aromatic heterocycles. The molecule has 1 N–H and O–H groups in total. The summed E-state index contributed by atoms with van der Waals surface area (Å²) in [7, 11) is 1.75. The van der Waals surface area contributed by atoms with Crippen molar-refractivity contribution in [2.45, 2.75) is 12.8 Å². The van der Waals surface area contributed by atoms with Gasteiger partial charge in [0.1, 0.15) is 0 Å². The molecule has 1 amide bonds. The minimum atomic E-state index is -0.0747. The summed E-state index contributed by atoms with van der Waals surface area (Å²) in [6.45, 7) is 0. The zero-order valence-corrected chi connectivity index (χ0v) is 9.50. The monoisotopic (exact) mass is 231 g/mol. The van der Waals surface area contributed by atoms with Crippen molar-refractivity contribution in [1.29, 1.82) is 0 Å². The second-order valence-electron chi connectivity index (χ2n) is 3.69.